The van der Waals surface area contributed by atoms with Gasteiger partial charge < -0.3 is 18.6 Å². The fraction of sp³-hybridized carbons (Fsp3) is 0.217. The van der Waals surface area contributed by atoms with Crippen molar-refractivity contribution in [2.75, 3.05) is 26.6 Å². The number of benzene rings is 2. The van der Waals surface area contributed by atoms with Gasteiger partial charge in [-0.05, 0) is 30.7 Å². The summed E-state index contributed by atoms with van der Waals surface area (Å²) in [4.78, 5) is 17.2. The summed E-state index contributed by atoms with van der Waals surface area (Å²) in [6.07, 6.45) is 0.393. The molecule has 0 radical (unpaired) electrons. The van der Waals surface area contributed by atoms with Crippen LogP contribution in [0.5, 0.6) is 17.2 Å². The van der Waals surface area contributed by atoms with E-state index in [4.69, 9.17) is 18.6 Å². The number of aryl methyl sites for hydroxylation is 1. The molecule has 0 spiro atoms. The SMILES string of the molecule is COc1cc(OC)c(Cc2ccc(C(=O)Nc3nc4c(C)cccc4s3)o2)c(OC)c1. The Labute approximate surface area is 183 Å². The van der Waals surface area contributed by atoms with Crippen LogP contribution in [-0.4, -0.2) is 32.2 Å². The molecule has 0 saturated carbocycles. The lowest BCUT2D eigenvalue weighted by molar-refractivity contribution is 0.0995. The molecule has 0 fully saturated rings. The van der Waals surface area contributed by atoms with Gasteiger partial charge in [0.15, 0.2) is 10.9 Å². The maximum absolute atomic E-state index is 12.7. The third kappa shape index (κ3) is 4.20. The Balaban J connectivity index is 1.54. The second-order valence-corrected chi connectivity index (χ2v) is 7.88. The zero-order chi connectivity index (χ0) is 22.0. The van der Waals surface area contributed by atoms with Gasteiger partial charge in [0, 0.05) is 24.1 Å². The fourth-order valence-electron chi connectivity index (χ4n) is 3.32. The van der Waals surface area contributed by atoms with Crippen LogP contribution >= 0.6 is 11.3 Å². The van der Waals surface area contributed by atoms with Gasteiger partial charge in [0.25, 0.3) is 5.91 Å². The number of aromatic nitrogens is 1. The maximum Gasteiger partial charge on any atom is 0.293 e. The Kier molecular flexibility index (Phi) is 5.81. The molecule has 4 rings (SSSR count). The summed E-state index contributed by atoms with van der Waals surface area (Å²) in [7, 11) is 4.74. The second-order valence-electron chi connectivity index (χ2n) is 6.85. The molecular weight excluding hydrogens is 416 g/mol. The minimum absolute atomic E-state index is 0.206. The second kappa shape index (κ2) is 8.69. The number of methoxy groups -OCH3 is 3. The minimum Gasteiger partial charge on any atom is -0.496 e. The highest BCUT2D eigenvalue weighted by molar-refractivity contribution is 7.22. The van der Waals surface area contributed by atoms with Gasteiger partial charge in [-0.3, -0.25) is 10.1 Å². The van der Waals surface area contributed by atoms with Crippen molar-refractivity contribution in [3.63, 3.8) is 0 Å². The van der Waals surface area contributed by atoms with E-state index in [2.05, 4.69) is 10.3 Å². The van der Waals surface area contributed by atoms with E-state index in [1.165, 1.54) is 11.3 Å². The molecule has 4 aromatic rings. The van der Waals surface area contributed by atoms with Crippen LogP contribution in [0.1, 0.15) is 27.4 Å². The lowest BCUT2D eigenvalue weighted by atomic mass is 10.1. The number of nitrogens with zero attached hydrogens (tertiary/aromatic N) is 1. The predicted octanol–water partition coefficient (Wildman–Crippen LogP) is 5.07. The average Bonchev–Trinajstić information content (AvgIpc) is 3.41. The number of thiazole rings is 1. The van der Waals surface area contributed by atoms with Crippen molar-refractivity contribution in [2.24, 2.45) is 0 Å². The molecule has 1 N–H and O–H groups in total. The topological polar surface area (TPSA) is 82.8 Å². The predicted molar refractivity (Wildman–Crippen MR) is 120 cm³/mol. The molecule has 1 amide bonds. The summed E-state index contributed by atoms with van der Waals surface area (Å²) in [6, 6.07) is 12.9. The highest BCUT2D eigenvalue weighted by Crippen LogP contribution is 2.36. The number of rotatable bonds is 7. The van der Waals surface area contributed by atoms with Crippen LogP contribution in [0.2, 0.25) is 0 Å². The van der Waals surface area contributed by atoms with Crippen LogP contribution in [0.3, 0.4) is 0 Å². The van der Waals surface area contributed by atoms with Gasteiger partial charge >= 0.3 is 0 Å². The number of carbonyl (C=O) groups excluding carboxylic acids is 1. The van der Waals surface area contributed by atoms with Gasteiger partial charge in [0.2, 0.25) is 0 Å². The van der Waals surface area contributed by atoms with Gasteiger partial charge in [-0.15, -0.1) is 0 Å². The lowest BCUT2D eigenvalue weighted by Crippen LogP contribution is -2.10. The first-order chi connectivity index (χ1) is 15.0. The van der Waals surface area contributed by atoms with Crippen LogP contribution in [-0.2, 0) is 6.42 Å². The van der Waals surface area contributed by atoms with Crippen molar-refractivity contribution in [2.45, 2.75) is 13.3 Å². The molecule has 0 unspecified atom stereocenters. The van der Waals surface area contributed by atoms with Crippen molar-refractivity contribution >= 4 is 32.6 Å². The Morgan fingerprint density at radius 3 is 2.45 bits per heavy atom. The summed E-state index contributed by atoms with van der Waals surface area (Å²) in [6.45, 7) is 1.99. The van der Waals surface area contributed by atoms with Gasteiger partial charge in [0.05, 0.1) is 31.5 Å². The number of furan rings is 1. The van der Waals surface area contributed by atoms with Crippen LogP contribution in [0.15, 0.2) is 46.9 Å². The van der Waals surface area contributed by atoms with E-state index in [1.54, 1.807) is 45.6 Å². The van der Waals surface area contributed by atoms with Crippen LogP contribution < -0.4 is 19.5 Å². The van der Waals surface area contributed by atoms with Gasteiger partial charge in [-0.25, -0.2) is 4.98 Å². The van der Waals surface area contributed by atoms with Gasteiger partial charge in [-0.1, -0.05) is 23.5 Å². The Bertz CT molecular complexity index is 1220. The minimum atomic E-state index is -0.350. The summed E-state index contributed by atoms with van der Waals surface area (Å²) >= 11 is 1.43. The number of fused-ring (bicyclic) bond motifs is 1. The highest BCUT2D eigenvalue weighted by atomic mass is 32.1. The molecule has 0 aliphatic rings. The largest absolute Gasteiger partial charge is 0.496 e. The maximum atomic E-state index is 12.7. The fourth-order valence-corrected chi connectivity index (χ4v) is 4.26. The first-order valence-corrected chi connectivity index (χ1v) is 10.4. The molecule has 2 heterocycles. The summed E-state index contributed by atoms with van der Waals surface area (Å²) in [5.74, 6) is 2.32. The van der Waals surface area contributed by atoms with E-state index in [-0.39, 0.29) is 11.7 Å². The Hall–Kier alpha value is -3.52. The van der Waals surface area contributed by atoms with Crippen molar-refractivity contribution in [3.8, 4) is 17.2 Å². The van der Waals surface area contributed by atoms with Crippen LogP contribution in [0.25, 0.3) is 10.2 Å². The molecule has 0 aliphatic heterocycles. The monoisotopic (exact) mass is 438 g/mol. The molecular formula is C23H22N2O5S. The molecule has 2 aromatic carbocycles. The number of carbonyl (C=O) groups is 1. The van der Waals surface area contributed by atoms with E-state index in [9.17, 15) is 4.79 Å². The first kappa shape index (κ1) is 20.7. The lowest BCUT2D eigenvalue weighted by Gasteiger charge is -2.14. The zero-order valence-corrected chi connectivity index (χ0v) is 18.5. The molecule has 31 heavy (non-hydrogen) atoms. The number of para-hydroxylation sites is 1. The van der Waals surface area contributed by atoms with Gasteiger partial charge in [0.1, 0.15) is 23.0 Å². The molecule has 160 valence electrons. The number of ether oxygens (including phenoxy) is 3. The standard InChI is InChI=1S/C23H22N2O5S/c1-13-6-5-7-20-21(13)24-23(31-20)25-22(26)17-9-8-14(30-17)10-16-18(28-3)11-15(27-2)12-19(16)29-4/h5-9,11-12H,10H2,1-4H3,(H,24,25,26). The molecule has 0 saturated heterocycles. The van der Waals surface area contributed by atoms with E-state index >= 15 is 0 Å². The molecule has 0 aliphatic carbocycles. The van der Waals surface area contributed by atoms with Crippen LogP contribution in [0.4, 0.5) is 5.13 Å². The molecule has 8 heteroatoms. The summed E-state index contributed by atoms with van der Waals surface area (Å²) in [5.41, 5.74) is 2.76. The number of hydrogen-bond acceptors (Lipinski definition) is 7. The van der Waals surface area contributed by atoms with Gasteiger partial charge in [-0.2, -0.15) is 0 Å². The van der Waals surface area contributed by atoms with E-state index in [0.717, 1.165) is 21.3 Å². The smallest absolute Gasteiger partial charge is 0.293 e. The quantitative estimate of drug-likeness (QED) is 0.434. The third-order valence-electron chi connectivity index (χ3n) is 4.89. The van der Waals surface area contributed by atoms with E-state index in [0.29, 0.717) is 34.6 Å². The van der Waals surface area contributed by atoms with Crippen molar-refractivity contribution in [1.82, 2.24) is 4.98 Å². The van der Waals surface area contributed by atoms with E-state index < -0.39 is 0 Å². The van der Waals surface area contributed by atoms with E-state index in [1.807, 2.05) is 25.1 Å². The number of amides is 1. The highest BCUT2D eigenvalue weighted by Gasteiger charge is 2.18. The Morgan fingerprint density at radius 1 is 1.06 bits per heavy atom. The third-order valence-corrected chi connectivity index (χ3v) is 5.83. The summed E-state index contributed by atoms with van der Waals surface area (Å²) in [5, 5.41) is 3.35. The van der Waals surface area contributed by atoms with Crippen molar-refractivity contribution < 1.29 is 23.4 Å². The Morgan fingerprint density at radius 2 is 1.81 bits per heavy atom. The normalized spacial score (nSPS) is 10.8. The van der Waals surface area contributed by atoms with Crippen molar-refractivity contribution in [3.05, 3.63) is 65.1 Å². The zero-order valence-electron chi connectivity index (χ0n) is 17.6. The van der Waals surface area contributed by atoms with Crippen LogP contribution in [0, 0.1) is 6.92 Å². The average molecular weight is 439 g/mol. The molecule has 7 nitrogen and oxygen atoms in total. The summed E-state index contributed by atoms with van der Waals surface area (Å²) < 4.78 is 23.1. The number of nitrogens with one attached hydrogen (secondary N) is 1. The number of anilines is 1. The number of hydrogen-bond donors (Lipinski definition) is 1. The molecule has 2 aromatic heterocycles. The first-order valence-electron chi connectivity index (χ1n) is 9.57. The van der Waals surface area contributed by atoms with Crippen molar-refractivity contribution in [1.29, 1.82) is 0 Å². The molecule has 0 bridgehead atoms. The molecule has 0 atom stereocenters.